The van der Waals surface area contributed by atoms with E-state index in [9.17, 15) is 18.4 Å². The van der Waals surface area contributed by atoms with Gasteiger partial charge < -0.3 is 18.8 Å². The summed E-state index contributed by atoms with van der Waals surface area (Å²) in [5.74, 6) is -5.02. The molecule has 0 atom stereocenters. The zero-order valence-electron chi connectivity index (χ0n) is 15.6. The van der Waals surface area contributed by atoms with Gasteiger partial charge in [-0.05, 0) is 31.0 Å². The van der Waals surface area contributed by atoms with E-state index in [1.54, 1.807) is 9.80 Å². The van der Waals surface area contributed by atoms with Gasteiger partial charge in [0.05, 0.1) is 0 Å². The third-order valence-corrected chi connectivity index (χ3v) is 5.46. The third-order valence-electron chi connectivity index (χ3n) is 5.46. The van der Waals surface area contributed by atoms with Crippen molar-refractivity contribution in [1.29, 1.82) is 0 Å². The number of carbonyl (C=O) groups excluding carboxylic acids is 2. The van der Waals surface area contributed by atoms with Gasteiger partial charge >= 0.3 is 23.9 Å². The van der Waals surface area contributed by atoms with Gasteiger partial charge in [0.1, 0.15) is 6.54 Å². The molecule has 0 amide bonds. The molecule has 1 spiro atoms. The number of rotatable bonds is 2. The highest BCUT2D eigenvalue weighted by molar-refractivity contribution is 5.93. The number of aromatic nitrogens is 2. The number of ether oxygens (including phenoxy) is 2. The number of piperidine rings is 1. The average molecular weight is 418 g/mol. The Morgan fingerprint density at radius 3 is 2.37 bits per heavy atom. The summed E-state index contributed by atoms with van der Waals surface area (Å²) in [6.07, 6.45) is 3.42. The van der Waals surface area contributed by atoms with Gasteiger partial charge in [-0.15, -0.1) is 5.10 Å². The summed E-state index contributed by atoms with van der Waals surface area (Å²) < 4.78 is 43.6. The Kier molecular flexibility index (Phi) is 4.28. The largest absolute Gasteiger partial charge is 0.403 e. The van der Waals surface area contributed by atoms with Gasteiger partial charge in [0.25, 0.3) is 0 Å². The summed E-state index contributed by atoms with van der Waals surface area (Å²) in [5, 5.41) is 7.98. The standard InChI is InChI=1S/C19H16F2N4O5/c20-13-2-1-11(9-14(13)21)17-22-23-18(28-17)25-10-19(24-7-5-12(25)6-8-24)29-15(26)3-4-16(27)30-19/h1-4,9,12H,5-8,10H2. The van der Waals surface area contributed by atoms with Gasteiger partial charge in [-0.25, -0.2) is 23.3 Å². The first-order valence-corrected chi connectivity index (χ1v) is 9.38. The molecule has 9 nitrogen and oxygen atoms in total. The van der Waals surface area contributed by atoms with E-state index in [1.807, 2.05) is 0 Å². The van der Waals surface area contributed by atoms with E-state index in [2.05, 4.69) is 10.2 Å². The Labute approximate surface area is 168 Å². The quantitative estimate of drug-likeness (QED) is 0.674. The van der Waals surface area contributed by atoms with Crippen molar-refractivity contribution in [3.63, 3.8) is 0 Å². The van der Waals surface area contributed by atoms with Gasteiger partial charge in [-0.2, -0.15) is 0 Å². The van der Waals surface area contributed by atoms with Crippen LogP contribution in [0.5, 0.6) is 0 Å². The molecular weight excluding hydrogens is 402 g/mol. The van der Waals surface area contributed by atoms with Crippen LogP contribution in [-0.2, 0) is 19.1 Å². The highest BCUT2D eigenvalue weighted by atomic mass is 19.2. The lowest BCUT2D eigenvalue weighted by Gasteiger charge is -2.39. The van der Waals surface area contributed by atoms with E-state index in [0.29, 0.717) is 25.9 Å². The first-order valence-electron chi connectivity index (χ1n) is 9.38. The third kappa shape index (κ3) is 3.11. The molecule has 30 heavy (non-hydrogen) atoms. The summed E-state index contributed by atoms with van der Waals surface area (Å²) in [7, 11) is 0. The maximum Gasteiger partial charge on any atom is 0.339 e. The lowest BCUT2D eigenvalue weighted by atomic mass is 10.1. The number of hydrogen-bond acceptors (Lipinski definition) is 9. The minimum atomic E-state index is -1.63. The van der Waals surface area contributed by atoms with Gasteiger partial charge in [-0.3, -0.25) is 0 Å². The molecule has 156 valence electrons. The monoisotopic (exact) mass is 418 g/mol. The van der Waals surface area contributed by atoms with Crippen LogP contribution < -0.4 is 4.90 Å². The number of nitrogens with zero attached hydrogens (tertiary/aromatic N) is 4. The molecule has 4 aliphatic rings. The zero-order valence-corrected chi connectivity index (χ0v) is 15.6. The molecule has 3 saturated heterocycles. The van der Waals surface area contributed by atoms with Crippen molar-refractivity contribution in [3.8, 4) is 11.5 Å². The number of hydrogen-bond donors (Lipinski definition) is 0. The maximum absolute atomic E-state index is 13.6. The summed E-state index contributed by atoms with van der Waals surface area (Å²) >= 11 is 0. The number of anilines is 1. The van der Waals surface area contributed by atoms with E-state index >= 15 is 0 Å². The number of halogens is 2. The van der Waals surface area contributed by atoms with Crippen LogP contribution in [0.4, 0.5) is 14.8 Å². The normalized spacial score (nSPS) is 25.1. The smallest absolute Gasteiger partial charge is 0.339 e. The van der Waals surface area contributed by atoms with Gasteiger partial charge in [0, 0.05) is 36.8 Å². The molecule has 6 rings (SSSR count). The second kappa shape index (κ2) is 6.87. The van der Waals surface area contributed by atoms with Crippen LogP contribution in [0.2, 0.25) is 0 Å². The molecule has 2 aromatic rings. The van der Waals surface area contributed by atoms with Crippen molar-refractivity contribution in [3.05, 3.63) is 42.0 Å². The van der Waals surface area contributed by atoms with E-state index in [0.717, 1.165) is 24.3 Å². The topological polar surface area (TPSA) is 98.0 Å². The van der Waals surface area contributed by atoms with E-state index in [4.69, 9.17) is 13.9 Å². The Bertz CT molecular complexity index is 1030. The summed E-state index contributed by atoms with van der Waals surface area (Å²) in [6.45, 7) is 1.04. The van der Waals surface area contributed by atoms with Crippen LogP contribution in [0.25, 0.3) is 11.5 Å². The Morgan fingerprint density at radius 2 is 1.70 bits per heavy atom. The fourth-order valence-electron chi connectivity index (χ4n) is 4.00. The number of fused-ring (bicyclic) bond motifs is 3. The molecule has 3 fully saturated rings. The SMILES string of the molecule is O=C1C=CC(=O)OC2(CN(c3nnc(-c4ccc(F)c(F)c4)o3)C3CCN2CC3)O1. The molecule has 4 aliphatic heterocycles. The first-order chi connectivity index (χ1) is 14.4. The lowest BCUT2D eigenvalue weighted by molar-refractivity contribution is -0.274. The Hall–Kier alpha value is -3.34. The molecule has 1 aromatic carbocycles. The van der Waals surface area contributed by atoms with Crippen LogP contribution in [0.3, 0.4) is 0 Å². The predicted octanol–water partition coefficient (Wildman–Crippen LogP) is 1.61. The Morgan fingerprint density at radius 1 is 1.00 bits per heavy atom. The predicted molar refractivity (Wildman–Crippen MR) is 95.6 cm³/mol. The fraction of sp³-hybridized carbons (Fsp3) is 0.368. The van der Waals surface area contributed by atoms with Crippen molar-refractivity contribution < 1.29 is 32.3 Å². The molecule has 0 aliphatic carbocycles. The van der Waals surface area contributed by atoms with Crippen molar-refractivity contribution in [2.45, 2.75) is 24.8 Å². The molecule has 5 heterocycles. The van der Waals surface area contributed by atoms with Crippen molar-refractivity contribution >= 4 is 18.0 Å². The van der Waals surface area contributed by atoms with Crippen LogP contribution in [0.1, 0.15) is 12.8 Å². The van der Waals surface area contributed by atoms with Crippen LogP contribution in [0, 0.1) is 11.6 Å². The van der Waals surface area contributed by atoms with Crippen LogP contribution in [0.15, 0.2) is 34.8 Å². The lowest BCUT2D eigenvalue weighted by Crippen LogP contribution is -2.58. The average Bonchev–Trinajstić information content (AvgIpc) is 3.05. The van der Waals surface area contributed by atoms with Gasteiger partial charge in [0.15, 0.2) is 11.6 Å². The first kappa shape index (κ1) is 18.7. The second-order valence-corrected chi connectivity index (χ2v) is 7.25. The summed E-state index contributed by atoms with van der Waals surface area (Å²) in [5.41, 5.74) is 0.224. The Balaban J connectivity index is 1.50. The molecule has 0 radical (unpaired) electrons. The minimum Gasteiger partial charge on any atom is -0.403 e. The molecule has 11 heteroatoms. The molecular formula is C19H16F2N4O5. The van der Waals surface area contributed by atoms with Crippen molar-refractivity contribution in [2.24, 2.45) is 0 Å². The molecule has 2 bridgehead atoms. The van der Waals surface area contributed by atoms with Gasteiger partial charge in [-0.1, -0.05) is 5.10 Å². The van der Waals surface area contributed by atoms with E-state index in [-0.39, 0.29) is 30.1 Å². The number of carbonyl (C=O) groups is 2. The number of benzene rings is 1. The van der Waals surface area contributed by atoms with E-state index < -0.39 is 29.5 Å². The van der Waals surface area contributed by atoms with Crippen molar-refractivity contribution in [1.82, 2.24) is 15.1 Å². The minimum absolute atomic E-state index is 0.00794. The highest BCUT2D eigenvalue weighted by Gasteiger charge is 2.53. The van der Waals surface area contributed by atoms with Crippen LogP contribution in [-0.4, -0.2) is 58.6 Å². The summed E-state index contributed by atoms with van der Waals surface area (Å²) in [4.78, 5) is 27.7. The van der Waals surface area contributed by atoms with Crippen LogP contribution >= 0.6 is 0 Å². The molecule has 0 saturated carbocycles. The maximum atomic E-state index is 13.6. The van der Waals surface area contributed by atoms with Crippen molar-refractivity contribution in [2.75, 3.05) is 24.5 Å². The number of esters is 2. The zero-order chi connectivity index (χ0) is 20.9. The highest BCUT2D eigenvalue weighted by Crippen LogP contribution is 2.37. The molecule has 1 aromatic heterocycles. The molecule has 0 N–H and O–H groups in total. The molecule has 0 unspecified atom stereocenters. The van der Waals surface area contributed by atoms with E-state index in [1.165, 1.54) is 6.07 Å². The van der Waals surface area contributed by atoms with Gasteiger partial charge in [0.2, 0.25) is 5.89 Å². The second-order valence-electron chi connectivity index (χ2n) is 7.25. The fourth-order valence-corrected chi connectivity index (χ4v) is 4.00. The summed E-state index contributed by atoms with van der Waals surface area (Å²) in [6, 6.07) is 3.35.